The zero-order valence-electron chi connectivity index (χ0n) is 21.8. The highest BCUT2D eigenvalue weighted by molar-refractivity contribution is 7.86. The van der Waals surface area contributed by atoms with Gasteiger partial charge in [0.1, 0.15) is 36.1 Å². The molecule has 4 heterocycles. The molecule has 0 amide bonds. The highest BCUT2D eigenvalue weighted by Crippen LogP contribution is 2.28. The second kappa shape index (κ2) is 11.0. The Kier molecular flexibility index (Phi) is 7.24. The number of amidine groups is 1. The summed E-state index contributed by atoms with van der Waals surface area (Å²) in [6.45, 7) is 3.80. The molecule has 13 heteroatoms. The molecule has 0 aliphatic carbocycles. The summed E-state index contributed by atoms with van der Waals surface area (Å²) in [5.74, 6) is 1.21. The number of anilines is 1. The number of benzene rings is 2. The molecule has 2 saturated heterocycles. The minimum absolute atomic E-state index is 0.207. The lowest BCUT2D eigenvalue weighted by atomic mass is 9.98. The summed E-state index contributed by atoms with van der Waals surface area (Å²) in [4.78, 5) is 16.1. The van der Waals surface area contributed by atoms with E-state index >= 15 is 0 Å². The minimum Gasteiger partial charge on any atom is -0.489 e. The largest absolute Gasteiger partial charge is 0.489 e. The summed E-state index contributed by atoms with van der Waals surface area (Å²) < 4.78 is 35.9. The van der Waals surface area contributed by atoms with E-state index in [2.05, 4.69) is 50.5 Å². The van der Waals surface area contributed by atoms with Crippen molar-refractivity contribution in [2.24, 2.45) is 20.1 Å². The van der Waals surface area contributed by atoms with Gasteiger partial charge in [-0.3, -0.25) is 0 Å². The van der Waals surface area contributed by atoms with Crippen LogP contribution in [0.4, 0.5) is 5.69 Å². The number of fused-ring (bicyclic) bond motifs is 1. The van der Waals surface area contributed by atoms with Crippen LogP contribution >= 0.6 is 0 Å². The molecule has 3 N–H and O–H groups in total. The van der Waals surface area contributed by atoms with Gasteiger partial charge in [0.25, 0.3) is 10.2 Å². The van der Waals surface area contributed by atoms with Gasteiger partial charge in [0.15, 0.2) is 6.17 Å². The Morgan fingerprint density at radius 2 is 1.77 bits per heavy atom. The molecule has 2 aromatic rings. The molecule has 2 aromatic carbocycles. The first-order valence-corrected chi connectivity index (χ1v) is 14.8. The molecule has 0 radical (unpaired) electrons. The lowest BCUT2D eigenvalue weighted by Crippen LogP contribution is -2.44. The number of hydrogen-bond acceptors (Lipinski definition) is 10. The third-order valence-corrected chi connectivity index (χ3v) is 8.61. The molecule has 0 bridgehead atoms. The number of morpholine rings is 1. The Bertz CT molecular complexity index is 1500. The van der Waals surface area contributed by atoms with Crippen molar-refractivity contribution in [3.05, 3.63) is 59.2 Å². The number of aliphatic imine (C=N–C) groups is 3. The van der Waals surface area contributed by atoms with Crippen molar-refractivity contribution in [3.63, 3.8) is 0 Å². The van der Waals surface area contributed by atoms with Crippen molar-refractivity contribution >= 4 is 33.8 Å². The van der Waals surface area contributed by atoms with E-state index in [9.17, 15) is 13.7 Å². The lowest BCUT2D eigenvalue weighted by Gasteiger charge is -2.30. The Labute approximate surface area is 233 Å². The van der Waals surface area contributed by atoms with Gasteiger partial charge in [0.05, 0.1) is 24.5 Å². The van der Waals surface area contributed by atoms with Gasteiger partial charge < -0.3 is 19.7 Å². The third-order valence-electron chi connectivity index (χ3n) is 7.53. The first-order valence-electron chi connectivity index (χ1n) is 13.2. The molecule has 4 aliphatic heterocycles. The van der Waals surface area contributed by atoms with Gasteiger partial charge in [-0.15, -0.1) is 0 Å². The summed E-state index contributed by atoms with van der Waals surface area (Å²) in [7, 11) is -3.71. The molecule has 2 atom stereocenters. The van der Waals surface area contributed by atoms with Crippen LogP contribution in [0, 0.1) is 11.3 Å². The molecular formula is C27H30N8O4S. The zero-order chi connectivity index (χ0) is 27.7. The molecule has 12 nitrogen and oxygen atoms in total. The van der Waals surface area contributed by atoms with E-state index in [4.69, 9.17) is 19.6 Å². The standard InChI is InChI=1S/C27H30N8O4S/c28-16-20-15-19(3-6-23(20)39-22-7-9-35(10-8-22)40(29,36)37)24-25-27(31-17-30-24)33-26(32-25)18-1-4-21(5-2-18)34-11-13-38-14-12-34/h1-6,15,17,22,25,27H,7-14H2,(H,32,33)(H2,29,36,37). The fourth-order valence-corrected chi connectivity index (χ4v) is 6.09. The van der Waals surface area contributed by atoms with Crippen LogP contribution in [0.5, 0.6) is 5.75 Å². The van der Waals surface area contributed by atoms with Crippen molar-refractivity contribution in [3.8, 4) is 11.8 Å². The van der Waals surface area contributed by atoms with Gasteiger partial charge in [-0.2, -0.15) is 18.0 Å². The van der Waals surface area contributed by atoms with Gasteiger partial charge in [-0.05, 0) is 60.9 Å². The van der Waals surface area contributed by atoms with Crippen molar-refractivity contribution in [2.75, 3.05) is 44.3 Å². The quantitative estimate of drug-likeness (QED) is 0.532. The number of rotatable bonds is 6. The van der Waals surface area contributed by atoms with Crippen molar-refractivity contribution < 1.29 is 17.9 Å². The van der Waals surface area contributed by atoms with Crippen LogP contribution in [0.3, 0.4) is 0 Å². The molecule has 40 heavy (non-hydrogen) atoms. The van der Waals surface area contributed by atoms with E-state index in [-0.39, 0.29) is 31.4 Å². The van der Waals surface area contributed by atoms with Crippen LogP contribution in [-0.4, -0.2) is 88.3 Å². The molecule has 2 fully saturated rings. The number of hydrogen-bond donors (Lipinski definition) is 2. The average Bonchev–Trinajstić information content (AvgIpc) is 3.42. The fraction of sp³-hybridized carbons (Fsp3) is 0.407. The second-order valence-electron chi connectivity index (χ2n) is 10.0. The van der Waals surface area contributed by atoms with E-state index in [1.165, 1.54) is 10.6 Å². The van der Waals surface area contributed by atoms with Crippen LogP contribution in [-0.2, 0) is 14.9 Å². The van der Waals surface area contributed by atoms with E-state index < -0.39 is 10.2 Å². The normalized spacial score (nSPS) is 23.6. The van der Waals surface area contributed by atoms with Crippen molar-refractivity contribution in [2.45, 2.75) is 31.2 Å². The predicted octanol–water partition coefficient (Wildman–Crippen LogP) is 1.02. The van der Waals surface area contributed by atoms with Gasteiger partial charge in [-0.25, -0.2) is 20.1 Å². The average molecular weight is 563 g/mol. The second-order valence-corrected chi connectivity index (χ2v) is 11.6. The summed E-state index contributed by atoms with van der Waals surface area (Å²) in [6.07, 6.45) is 1.94. The number of ether oxygens (including phenoxy) is 2. The fourth-order valence-electron chi connectivity index (χ4n) is 5.37. The maximum absolute atomic E-state index is 11.6. The highest BCUT2D eigenvalue weighted by Gasteiger charge is 2.35. The summed E-state index contributed by atoms with van der Waals surface area (Å²) in [5, 5.41) is 18.6. The third kappa shape index (κ3) is 5.44. The first kappa shape index (κ1) is 26.4. The summed E-state index contributed by atoms with van der Waals surface area (Å²) in [6, 6.07) is 15.7. The Morgan fingerprint density at radius 1 is 1.05 bits per heavy atom. The molecule has 2 unspecified atom stereocenters. The molecule has 0 saturated carbocycles. The number of nitriles is 1. The van der Waals surface area contributed by atoms with Crippen LogP contribution in [0.25, 0.3) is 0 Å². The van der Waals surface area contributed by atoms with Crippen LogP contribution < -0.4 is 20.1 Å². The summed E-state index contributed by atoms with van der Waals surface area (Å²) >= 11 is 0. The SMILES string of the molecule is N#Cc1cc(C2=NC=NC3N=C(c4ccc(N5CCOCC5)cc4)NC23)ccc1OC1CCN(S(N)(=O)=O)CC1. The van der Waals surface area contributed by atoms with E-state index in [0.717, 1.165) is 54.7 Å². The topological polar surface area (TPSA) is 158 Å². The Hall–Kier alpha value is -3.83. The first-order chi connectivity index (χ1) is 19.4. The monoisotopic (exact) mass is 562 g/mol. The molecular weight excluding hydrogens is 532 g/mol. The molecule has 6 rings (SSSR count). The molecule has 4 aliphatic rings. The van der Waals surface area contributed by atoms with Gasteiger partial charge in [0, 0.05) is 37.4 Å². The van der Waals surface area contributed by atoms with E-state index in [0.29, 0.717) is 24.2 Å². The van der Waals surface area contributed by atoms with Gasteiger partial charge >= 0.3 is 0 Å². The van der Waals surface area contributed by atoms with E-state index in [1.54, 1.807) is 12.1 Å². The lowest BCUT2D eigenvalue weighted by molar-refractivity contribution is 0.122. The predicted molar refractivity (Wildman–Crippen MR) is 151 cm³/mol. The minimum atomic E-state index is -3.71. The van der Waals surface area contributed by atoms with Crippen LogP contribution in [0.1, 0.15) is 29.5 Å². The molecule has 0 spiro atoms. The smallest absolute Gasteiger partial charge is 0.276 e. The Morgan fingerprint density at radius 3 is 2.48 bits per heavy atom. The zero-order valence-corrected chi connectivity index (χ0v) is 22.6. The van der Waals surface area contributed by atoms with Gasteiger partial charge in [-0.1, -0.05) is 0 Å². The molecule has 0 aromatic heterocycles. The molecule has 208 valence electrons. The van der Waals surface area contributed by atoms with Crippen LogP contribution in [0.15, 0.2) is 57.4 Å². The van der Waals surface area contributed by atoms with Crippen LogP contribution in [0.2, 0.25) is 0 Å². The maximum Gasteiger partial charge on any atom is 0.276 e. The highest BCUT2D eigenvalue weighted by atomic mass is 32.2. The van der Waals surface area contributed by atoms with Gasteiger partial charge in [0.2, 0.25) is 0 Å². The maximum atomic E-state index is 11.6. The number of nitrogens with zero attached hydrogens (tertiary/aromatic N) is 6. The van der Waals surface area contributed by atoms with E-state index in [1.807, 2.05) is 6.07 Å². The van der Waals surface area contributed by atoms with Crippen molar-refractivity contribution in [1.82, 2.24) is 9.62 Å². The number of nitrogens with two attached hydrogens (primary N) is 1. The van der Waals surface area contributed by atoms with Crippen molar-refractivity contribution in [1.29, 1.82) is 5.26 Å². The number of piperidine rings is 1. The number of nitrogens with one attached hydrogen (secondary N) is 1. The Balaban J connectivity index is 1.14. The summed E-state index contributed by atoms with van der Waals surface area (Å²) in [5.41, 5.74) is 4.03.